The molecule has 0 aromatic rings. The summed E-state index contributed by atoms with van der Waals surface area (Å²) in [5.41, 5.74) is 0. The van der Waals surface area contributed by atoms with Crippen molar-refractivity contribution >= 4 is 0 Å². The quantitative estimate of drug-likeness (QED) is 0.0346. The van der Waals surface area contributed by atoms with Crippen LogP contribution in [-0.4, -0.2) is 537 Å². The topological polar surface area (TPSA) is 823 Å². The van der Waals surface area contributed by atoms with Crippen molar-refractivity contribution < 1.29 is 253 Å². The standard InChI is InChI=1S/C60H102O51/c61-1-11-21(71)31(81)32(82)52(94-11)104-43-23(73)13(3-63)96-54(34(43)84)106-45-25(75)15(5-65)98-56(36(45)86)108-47-27(77)17(7-67)100-58(38(47)88)110-49-29(79)19(9-69)102-60(40(49)90)111-50-30(80)20(10-70)101-59(41(50)91)109-48-28(78)18(8-68)99-57(39(48)89)107-46-26(76)16(6-66)97-55(37(46)87)105-44-24(74)14(4-64)95-53(35(44)85)103-42-22(72)12(2-62)93-51(92)33(42)83/h11-92H,1-10H2/t11-,12-,13-,14-,15-,16-,17-,18-,19-,20-,21-,22-,23-,24-,25-,26-,27-,28-,29-,30-,31+,32+,33+,34+,35+,36+,37+,38+,39+,40+,41+,42+,43+,44+,45+,46+,47+,48+,49+,50+,51+,52-,53-,54-,55-,56-,57-,58-,59-,60-/m1/s1. The zero-order valence-electron chi connectivity index (χ0n) is 58.0. The maximum absolute atomic E-state index is 11.9. The molecule has 0 amide bonds. The predicted octanol–water partition coefficient (Wildman–Crippen LogP) is -22.8. The van der Waals surface area contributed by atoms with E-state index in [-0.39, 0.29) is 0 Å². The van der Waals surface area contributed by atoms with Crippen LogP contribution in [0.5, 0.6) is 0 Å². The van der Waals surface area contributed by atoms with E-state index < -0.39 is 373 Å². The molecule has 10 fully saturated rings. The average Bonchev–Trinajstić information content (AvgIpc) is 0.772. The van der Waals surface area contributed by atoms with Crippen molar-refractivity contribution in [1.29, 1.82) is 0 Å². The van der Waals surface area contributed by atoms with Crippen LogP contribution < -0.4 is 0 Å². The second-order valence-electron chi connectivity index (χ2n) is 28.0. The van der Waals surface area contributed by atoms with E-state index in [0.29, 0.717) is 0 Å². The van der Waals surface area contributed by atoms with E-state index in [4.69, 9.17) is 90.0 Å². The van der Waals surface area contributed by atoms with Crippen LogP contribution in [-0.2, 0) is 90.0 Å². The van der Waals surface area contributed by atoms with E-state index in [1.165, 1.54) is 0 Å². The van der Waals surface area contributed by atoms with E-state index in [1.807, 2.05) is 0 Å². The smallest absolute Gasteiger partial charge is 0.187 e. The van der Waals surface area contributed by atoms with Crippen molar-refractivity contribution in [3.8, 4) is 0 Å². The van der Waals surface area contributed by atoms with Crippen LogP contribution in [0.1, 0.15) is 0 Å². The molecule has 648 valence electrons. The monoisotopic (exact) mass is 1640 g/mol. The summed E-state index contributed by atoms with van der Waals surface area (Å²) in [6.45, 7) is -10.9. The fraction of sp³-hybridized carbons (Fsp3) is 1.00. The highest BCUT2D eigenvalue weighted by molar-refractivity contribution is 5.04. The van der Waals surface area contributed by atoms with Gasteiger partial charge < -0.3 is 253 Å². The Morgan fingerprint density at radius 2 is 0.261 bits per heavy atom. The molecular weight excluding hydrogens is 1540 g/mol. The lowest BCUT2D eigenvalue weighted by Crippen LogP contribution is -2.69. The Kier molecular flexibility index (Phi) is 32.4. The fourth-order valence-corrected chi connectivity index (χ4v) is 14.4. The third kappa shape index (κ3) is 18.8. The van der Waals surface area contributed by atoms with Crippen molar-refractivity contribution in [3.05, 3.63) is 0 Å². The zero-order chi connectivity index (χ0) is 81.4. The number of hydrogen-bond donors (Lipinski definition) is 32. The first kappa shape index (κ1) is 91.3. The van der Waals surface area contributed by atoms with E-state index in [1.54, 1.807) is 0 Å². The molecule has 10 heterocycles. The minimum atomic E-state index is -2.46. The first-order valence-corrected chi connectivity index (χ1v) is 35.2. The van der Waals surface area contributed by atoms with Crippen molar-refractivity contribution in [1.82, 2.24) is 0 Å². The first-order valence-electron chi connectivity index (χ1n) is 35.2. The molecule has 32 N–H and O–H groups in total. The Bertz CT molecular complexity index is 2790. The molecule has 51 heteroatoms. The van der Waals surface area contributed by atoms with Crippen molar-refractivity contribution in [2.75, 3.05) is 66.1 Å². The largest absolute Gasteiger partial charge is 0.394 e. The highest BCUT2D eigenvalue weighted by Crippen LogP contribution is 2.41. The van der Waals surface area contributed by atoms with Gasteiger partial charge in [0.05, 0.1) is 66.1 Å². The van der Waals surface area contributed by atoms with Gasteiger partial charge in [0.2, 0.25) is 0 Å². The Morgan fingerprint density at radius 3 is 0.414 bits per heavy atom. The maximum atomic E-state index is 11.9. The van der Waals surface area contributed by atoms with E-state index in [2.05, 4.69) is 0 Å². The van der Waals surface area contributed by atoms with Gasteiger partial charge >= 0.3 is 0 Å². The van der Waals surface area contributed by atoms with Gasteiger partial charge in [-0.2, -0.15) is 0 Å². The Hall–Kier alpha value is -2.04. The van der Waals surface area contributed by atoms with E-state index >= 15 is 0 Å². The fourth-order valence-electron chi connectivity index (χ4n) is 14.4. The zero-order valence-corrected chi connectivity index (χ0v) is 58.0. The molecule has 0 aliphatic carbocycles. The van der Waals surface area contributed by atoms with Gasteiger partial charge in [0.1, 0.15) is 244 Å². The van der Waals surface area contributed by atoms with Crippen molar-refractivity contribution in [2.45, 2.75) is 307 Å². The van der Waals surface area contributed by atoms with Crippen LogP contribution in [0.2, 0.25) is 0 Å². The molecule has 0 unspecified atom stereocenters. The van der Waals surface area contributed by atoms with Crippen LogP contribution in [0.4, 0.5) is 0 Å². The molecule has 10 aliphatic heterocycles. The lowest BCUT2D eigenvalue weighted by atomic mass is 9.94. The van der Waals surface area contributed by atoms with Crippen LogP contribution in [0.3, 0.4) is 0 Å². The summed E-state index contributed by atoms with van der Waals surface area (Å²) < 4.78 is 107. The summed E-state index contributed by atoms with van der Waals surface area (Å²) in [5, 5.41) is 350. The molecule has 111 heavy (non-hydrogen) atoms. The summed E-state index contributed by atoms with van der Waals surface area (Å²) in [6, 6.07) is 0. The number of rotatable bonds is 28. The molecule has 50 atom stereocenters. The minimum Gasteiger partial charge on any atom is -0.394 e. The van der Waals surface area contributed by atoms with Gasteiger partial charge in [-0.1, -0.05) is 0 Å². The molecule has 0 aromatic carbocycles. The third-order valence-electron chi connectivity index (χ3n) is 20.9. The Balaban J connectivity index is 0.813. The molecule has 0 bridgehead atoms. The highest BCUT2D eigenvalue weighted by atomic mass is 16.8. The SMILES string of the molecule is OC[C@H]1O[C@H](O[C@@H]2[C@H](O)[C@@H](O[C@@H]3[C@H](O)[C@@H](O[C@@H]4[C@H](O)[C@@H](O[C@@H]5[C@H](O)[C@@H](O[C@@H]6[C@H](O)[C@@H](O[C@@H]7[C@H](O)[C@@H](O[C@@H]8[C@H](O)[C@@H](O[C@@H]9[C@H](O)[C@@H](O[C@@H]%10[C@H](O)[C@@H](O)O[C@H](CO)[C@H]%10O)O[C@H](CO)[C@H]9O)O[C@H](CO)[C@H]8O)O[C@H](CO)[C@H]7O)O[C@H](CO)[C@H]6O)O[C@H](CO)[C@H]5O)O[C@H](CO)[C@H]4O)O[C@H](CO)[C@H]3O)O[C@H](CO)[C@H]2O)[C@@H](O)[C@@H](O)[C@@H]1O. The van der Waals surface area contributed by atoms with E-state index in [0.717, 1.165) is 0 Å². The Morgan fingerprint density at radius 1 is 0.135 bits per heavy atom. The number of aliphatic hydroxyl groups excluding tert-OH is 32. The van der Waals surface area contributed by atoms with Crippen LogP contribution >= 0.6 is 0 Å². The van der Waals surface area contributed by atoms with Crippen LogP contribution in [0.25, 0.3) is 0 Å². The molecule has 0 saturated carbocycles. The lowest BCUT2D eigenvalue weighted by Gasteiger charge is -2.50. The number of hydrogen-bond acceptors (Lipinski definition) is 51. The van der Waals surface area contributed by atoms with Crippen LogP contribution in [0.15, 0.2) is 0 Å². The predicted molar refractivity (Wildman–Crippen MR) is 330 cm³/mol. The summed E-state index contributed by atoms with van der Waals surface area (Å²) in [7, 11) is 0. The van der Waals surface area contributed by atoms with Crippen molar-refractivity contribution in [3.63, 3.8) is 0 Å². The third-order valence-corrected chi connectivity index (χ3v) is 20.9. The Labute approximate surface area is 625 Å². The van der Waals surface area contributed by atoms with Crippen LogP contribution in [0, 0.1) is 0 Å². The molecule has 10 rings (SSSR count). The average molecular weight is 1640 g/mol. The number of aliphatic hydroxyl groups is 32. The number of ether oxygens (including phenoxy) is 19. The van der Waals surface area contributed by atoms with Crippen molar-refractivity contribution in [2.24, 2.45) is 0 Å². The second-order valence-corrected chi connectivity index (χ2v) is 28.0. The molecule has 51 nitrogen and oxygen atoms in total. The van der Waals surface area contributed by atoms with Gasteiger partial charge in [-0.05, 0) is 0 Å². The molecule has 10 saturated heterocycles. The summed E-state index contributed by atoms with van der Waals surface area (Å²) in [5.74, 6) is 0. The highest BCUT2D eigenvalue weighted by Gasteiger charge is 2.62. The summed E-state index contributed by atoms with van der Waals surface area (Å²) >= 11 is 0. The summed E-state index contributed by atoms with van der Waals surface area (Å²) in [4.78, 5) is 0. The first-order chi connectivity index (χ1) is 52.7. The minimum absolute atomic E-state index is 0.916. The van der Waals surface area contributed by atoms with Gasteiger partial charge in [0, 0.05) is 0 Å². The maximum Gasteiger partial charge on any atom is 0.187 e. The molecular formula is C60H102O51. The normalized spacial score (nSPS) is 53.7. The van der Waals surface area contributed by atoms with Gasteiger partial charge in [-0.25, -0.2) is 0 Å². The molecule has 10 aliphatic rings. The van der Waals surface area contributed by atoms with E-state index in [9.17, 15) is 163 Å². The molecule has 0 spiro atoms. The van der Waals surface area contributed by atoms with Gasteiger partial charge in [0.25, 0.3) is 0 Å². The summed E-state index contributed by atoms with van der Waals surface area (Å²) in [6.07, 6.45) is -106. The molecule has 0 radical (unpaired) electrons. The van der Waals surface area contributed by atoms with Gasteiger partial charge in [-0.3, -0.25) is 0 Å². The lowest BCUT2D eigenvalue weighted by molar-refractivity contribution is -0.403. The second kappa shape index (κ2) is 39.4. The van der Waals surface area contributed by atoms with Gasteiger partial charge in [-0.15, -0.1) is 0 Å². The van der Waals surface area contributed by atoms with Gasteiger partial charge in [0.15, 0.2) is 62.9 Å². The molecule has 0 aromatic heterocycles.